The first-order chi connectivity index (χ1) is 12.3. The monoisotopic (exact) mass is 359 g/mol. The average molecular weight is 359 g/mol. The van der Waals surface area contributed by atoms with Gasteiger partial charge in [-0.3, -0.25) is 9.48 Å². The van der Waals surface area contributed by atoms with E-state index in [4.69, 9.17) is 4.74 Å². The number of anilines is 1. The first-order valence-corrected chi connectivity index (χ1v) is 8.95. The van der Waals surface area contributed by atoms with Crippen molar-refractivity contribution in [1.29, 1.82) is 0 Å². The summed E-state index contributed by atoms with van der Waals surface area (Å²) in [5, 5.41) is 7.59. The van der Waals surface area contributed by atoms with Gasteiger partial charge in [0.05, 0.1) is 11.8 Å². The second-order valence-corrected chi connectivity index (χ2v) is 8.04. The molecule has 1 atom stereocenters. The third-order valence-electron chi connectivity index (χ3n) is 4.56. The maximum atomic E-state index is 13.4. The van der Waals surface area contributed by atoms with E-state index >= 15 is 0 Å². The third kappa shape index (κ3) is 4.12. The number of hydrogen-bond donors (Lipinski definition) is 1. The number of ether oxygens (including phenoxy) is 1. The van der Waals surface area contributed by atoms with Gasteiger partial charge in [0.1, 0.15) is 5.82 Å². The van der Waals surface area contributed by atoms with Crippen molar-refractivity contribution in [2.24, 2.45) is 5.41 Å². The van der Waals surface area contributed by atoms with Gasteiger partial charge in [-0.1, -0.05) is 32.9 Å². The molecule has 0 spiro atoms. The van der Waals surface area contributed by atoms with Crippen LogP contribution >= 0.6 is 0 Å². The number of amides is 1. The molecule has 2 aromatic rings. The van der Waals surface area contributed by atoms with Crippen LogP contribution in [0.1, 0.15) is 39.3 Å². The predicted octanol–water partition coefficient (Wildman–Crippen LogP) is 4.03. The van der Waals surface area contributed by atoms with Crippen molar-refractivity contribution in [3.8, 4) is 11.1 Å². The Balaban J connectivity index is 1.99. The fraction of sp³-hybridized carbons (Fsp3) is 0.500. The molecular weight excluding hydrogens is 333 g/mol. The van der Waals surface area contributed by atoms with Crippen molar-refractivity contribution in [3.05, 3.63) is 35.8 Å². The minimum Gasteiger partial charge on any atom is -0.381 e. The lowest BCUT2D eigenvalue weighted by molar-refractivity contribution is -0.117. The minimum absolute atomic E-state index is 0.0698. The van der Waals surface area contributed by atoms with Gasteiger partial charge in [-0.25, -0.2) is 4.39 Å². The van der Waals surface area contributed by atoms with Crippen LogP contribution in [0.25, 0.3) is 11.1 Å². The molecule has 6 heteroatoms. The second kappa shape index (κ2) is 7.19. The van der Waals surface area contributed by atoms with Crippen LogP contribution in [0.15, 0.2) is 24.3 Å². The number of fused-ring (bicyclic) bond motifs is 1. The van der Waals surface area contributed by atoms with Crippen LogP contribution in [0, 0.1) is 11.2 Å². The normalized spacial score (nSPS) is 17.0. The molecule has 0 saturated carbocycles. The summed E-state index contributed by atoms with van der Waals surface area (Å²) >= 11 is 0. The zero-order chi connectivity index (χ0) is 18.9. The molecule has 2 heterocycles. The second-order valence-electron chi connectivity index (χ2n) is 8.04. The molecule has 140 valence electrons. The number of carbonyl (C=O) groups is 1. The van der Waals surface area contributed by atoms with Crippen LogP contribution < -0.4 is 5.32 Å². The predicted molar refractivity (Wildman–Crippen MR) is 99.4 cm³/mol. The van der Waals surface area contributed by atoms with Gasteiger partial charge in [-0.15, -0.1) is 0 Å². The molecule has 0 fully saturated rings. The van der Waals surface area contributed by atoms with E-state index in [9.17, 15) is 9.18 Å². The van der Waals surface area contributed by atoms with Crippen LogP contribution in [0.3, 0.4) is 0 Å². The van der Waals surface area contributed by atoms with Gasteiger partial charge in [0.15, 0.2) is 5.82 Å². The Labute approximate surface area is 153 Å². The van der Waals surface area contributed by atoms with E-state index in [0.717, 1.165) is 29.8 Å². The fourth-order valence-electron chi connectivity index (χ4n) is 3.34. The Kier molecular flexibility index (Phi) is 5.14. The van der Waals surface area contributed by atoms with Crippen molar-refractivity contribution >= 4 is 11.7 Å². The summed E-state index contributed by atoms with van der Waals surface area (Å²) in [6.45, 7) is 6.80. The molecule has 0 bridgehead atoms. The maximum Gasteiger partial charge on any atom is 0.226 e. The molecule has 0 radical (unpaired) electrons. The molecule has 1 aromatic carbocycles. The van der Waals surface area contributed by atoms with Gasteiger partial charge in [0.25, 0.3) is 0 Å². The minimum atomic E-state index is -0.289. The lowest BCUT2D eigenvalue weighted by Crippen LogP contribution is -2.25. The van der Waals surface area contributed by atoms with Crippen molar-refractivity contribution in [3.63, 3.8) is 0 Å². The van der Waals surface area contributed by atoms with Gasteiger partial charge in [0, 0.05) is 32.1 Å². The largest absolute Gasteiger partial charge is 0.381 e. The number of aromatic nitrogens is 2. The summed E-state index contributed by atoms with van der Waals surface area (Å²) in [5.74, 6) is 0.181. The van der Waals surface area contributed by atoms with Gasteiger partial charge in [-0.2, -0.15) is 5.10 Å². The molecule has 1 amide bonds. The van der Waals surface area contributed by atoms with E-state index in [1.165, 1.54) is 12.1 Å². The molecule has 1 N–H and O–H groups in total. The van der Waals surface area contributed by atoms with Crippen LogP contribution in [0.4, 0.5) is 10.2 Å². The molecule has 5 nitrogen and oxygen atoms in total. The molecule has 1 aliphatic heterocycles. The Morgan fingerprint density at radius 2 is 2.04 bits per heavy atom. The van der Waals surface area contributed by atoms with E-state index in [1.807, 2.05) is 25.5 Å². The molecule has 0 aliphatic carbocycles. The number of rotatable bonds is 4. The Morgan fingerprint density at radius 3 is 2.65 bits per heavy atom. The highest BCUT2D eigenvalue weighted by Gasteiger charge is 2.27. The molecule has 1 unspecified atom stereocenters. The average Bonchev–Trinajstić information content (AvgIpc) is 2.90. The van der Waals surface area contributed by atoms with Gasteiger partial charge in [0.2, 0.25) is 5.91 Å². The number of benzene rings is 1. The van der Waals surface area contributed by atoms with E-state index in [-0.39, 0.29) is 23.2 Å². The molecule has 3 rings (SSSR count). The summed E-state index contributed by atoms with van der Waals surface area (Å²) in [6.07, 6.45) is 2.12. The number of methoxy groups -OCH3 is 1. The zero-order valence-corrected chi connectivity index (χ0v) is 15.8. The lowest BCUT2D eigenvalue weighted by atomic mass is 9.92. The fourth-order valence-corrected chi connectivity index (χ4v) is 3.34. The Bertz CT molecular complexity index is 791. The molecule has 1 aromatic heterocycles. The van der Waals surface area contributed by atoms with E-state index < -0.39 is 0 Å². The number of aryl methyl sites for hydroxylation is 1. The number of hydrogen-bond acceptors (Lipinski definition) is 3. The van der Waals surface area contributed by atoms with E-state index in [1.54, 1.807) is 19.2 Å². The lowest BCUT2D eigenvalue weighted by Gasteiger charge is -2.22. The molecule has 1 aliphatic rings. The van der Waals surface area contributed by atoms with Gasteiger partial charge >= 0.3 is 0 Å². The molecule has 26 heavy (non-hydrogen) atoms. The summed E-state index contributed by atoms with van der Waals surface area (Å²) in [7, 11) is 1.71. The highest BCUT2D eigenvalue weighted by atomic mass is 19.1. The standard InChI is InChI=1S/C20H26FN3O2/c1-20(2,3)12-17(25)22-19-18(13-5-7-14(21)8-6-13)16-11-15(26-4)9-10-24(16)23-19/h5-8,15H,9-12H2,1-4H3,(H,22,23,25). The number of nitrogens with one attached hydrogen (secondary N) is 1. The topological polar surface area (TPSA) is 56.1 Å². The number of nitrogens with zero attached hydrogens (tertiary/aromatic N) is 2. The third-order valence-corrected chi connectivity index (χ3v) is 4.56. The van der Waals surface area contributed by atoms with E-state index in [0.29, 0.717) is 18.7 Å². The highest BCUT2D eigenvalue weighted by Crippen LogP contribution is 2.35. The maximum absolute atomic E-state index is 13.4. The summed E-state index contributed by atoms with van der Waals surface area (Å²) in [4.78, 5) is 12.5. The number of carbonyl (C=O) groups excluding carboxylic acids is 1. The smallest absolute Gasteiger partial charge is 0.226 e. The van der Waals surface area contributed by atoms with Crippen LogP contribution in [-0.2, 0) is 22.5 Å². The van der Waals surface area contributed by atoms with Gasteiger partial charge in [-0.05, 0) is 29.5 Å². The highest BCUT2D eigenvalue weighted by molar-refractivity contribution is 5.95. The molecule has 0 saturated heterocycles. The summed E-state index contributed by atoms with van der Waals surface area (Å²) < 4.78 is 20.8. The summed E-state index contributed by atoms with van der Waals surface area (Å²) in [5.41, 5.74) is 2.60. The van der Waals surface area contributed by atoms with E-state index in [2.05, 4.69) is 10.4 Å². The van der Waals surface area contributed by atoms with Gasteiger partial charge < -0.3 is 10.1 Å². The Hall–Kier alpha value is -2.21. The van der Waals surface area contributed by atoms with Crippen LogP contribution in [0.2, 0.25) is 0 Å². The van der Waals surface area contributed by atoms with Crippen molar-refractivity contribution < 1.29 is 13.9 Å². The van der Waals surface area contributed by atoms with Crippen molar-refractivity contribution in [2.75, 3.05) is 12.4 Å². The summed E-state index contributed by atoms with van der Waals surface area (Å²) in [6, 6.07) is 6.31. The van der Waals surface area contributed by atoms with Crippen molar-refractivity contribution in [1.82, 2.24) is 9.78 Å². The Morgan fingerprint density at radius 1 is 1.35 bits per heavy atom. The first-order valence-electron chi connectivity index (χ1n) is 8.95. The quantitative estimate of drug-likeness (QED) is 0.897. The molecular formula is C20H26FN3O2. The number of halogens is 1. The zero-order valence-electron chi connectivity index (χ0n) is 15.8. The van der Waals surface area contributed by atoms with Crippen LogP contribution in [-0.4, -0.2) is 28.9 Å². The SMILES string of the molecule is COC1CCn2nc(NC(=O)CC(C)(C)C)c(-c3ccc(F)cc3)c2C1. The van der Waals surface area contributed by atoms with Crippen molar-refractivity contribution in [2.45, 2.75) is 52.7 Å². The first kappa shape index (κ1) is 18.6. The van der Waals surface area contributed by atoms with Crippen LogP contribution in [0.5, 0.6) is 0 Å².